The van der Waals surface area contributed by atoms with Crippen molar-refractivity contribution >= 4 is 33.6 Å². The molecule has 1 aliphatic rings. The van der Waals surface area contributed by atoms with E-state index in [9.17, 15) is 14.4 Å². The van der Waals surface area contributed by atoms with Crippen LogP contribution in [0.2, 0.25) is 0 Å². The van der Waals surface area contributed by atoms with Crippen LogP contribution in [0.15, 0.2) is 41.3 Å². The van der Waals surface area contributed by atoms with Crippen LogP contribution >= 0.6 is 0 Å². The van der Waals surface area contributed by atoms with Gasteiger partial charge in [0.05, 0.1) is 5.52 Å². The standard InChI is InChI=1S/C16H13N3O3/c20-13-6-5-12(15(21)18-13)19-11-4-2-1-3-9(11)10-7-8-17-16(22)14(10)19/h1-4,7-8,12H,5-6H2,(H,17,22)(H,18,20,21). The molecule has 3 heterocycles. The van der Waals surface area contributed by atoms with Crippen molar-refractivity contribution in [2.75, 3.05) is 0 Å². The summed E-state index contributed by atoms with van der Waals surface area (Å²) >= 11 is 0. The fourth-order valence-electron chi connectivity index (χ4n) is 3.21. The number of carbonyl (C=O) groups is 2. The molecule has 1 aliphatic heterocycles. The van der Waals surface area contributed by atoms with Gasteiger partial charge in [0.15, 0.2) is 0 Å². The van der Waals surface area contributed by atoms with Crippen LogP contribution in [-0.4, -0.2) is 21.4 Å². The molecule has 1 atom stereocenters. The van der Waals surface area contributed by atoms with Crippen molar-refractivity contribution in [1.29, 1.82) is 0 Å². The molecule has 0 bridgehead atoms. The summed E-state index contributed by atoms with van der Waals surface area (Å²) in [6, 6.07) is 8.87. The second-order valence-corrected chi connectivity index (χ2v) is 5.42. The molecule has 3 aromatic rings. The zero-order valence-corrected chi connectivity index (χ0v) is 11.6. The van der Waals surface area contributed by atoms with E-state index in [1.54, 1.807) is 10.8 Å². The van der Waals surface area contributed by atoms with Crippen LogP contribution in [-0.2, 0) is 9.59 Å². The van der Waals surface area contributed by atoms with E-state index in [1.165, 1.54) is 0 Å². The molecular weight excluding hydrogens is 282 g/mol. The predicted octanol–water partition coefficient (Wildman–Crippen LogP) is 1.46. The number of hydrogen-bond acceptors (Lipinski definition) is 3. The smallest absolute Gasteiger partial charge is 0.272 e. The molecule has 0 aliphatic carbocycles. The predicted molar refractivity (Wildman–Crippen MR) is 81.5 cm³/mol. The van der Waals surface area contributed by atoms with Gasteiger partial charge in [0.25, 0.3) is 5.56 Å². The number of nitrogens with one attached hydrogen (secondary N) is 2. The minimum atomic E-state index is -0.552. The Labute approximate surface area is 124 Å². The number of aromatic nitrogens is 2. The van der Waals surface area contributed by atoms with E-state index < -0.39 is 6.04 Å². The number of benzene rings is 1. The molecule has 1 unspecified atom stereocenters. The minimum absolute atomic E-state index is 0.238. The van der Waals surface area contributed by atoms with E-state index >= 15 is 0 Å². The lowest BCUT2D eigenvalue weighted by Gasteiger charge is -2.23. The maximum Gasteiger partial charge on any atom is 0.272 e. The molecule has 4 rings (SSSR count). The highest BCUT2D eigenvalue weighted by molar-refractivity contribution is 6.09. The zero-order valence-electron chi connectivity index (χ0n) is 11.6. The lowest BCUT2D eigenvalue weighted by atomic mass is 10.1. The van der Waals surface area contributed by atoms with Crippen LogP contribution in [0.1, 0.15) is 18.9 Å². The summed E-state index contributed by atoms with van der Waals surface area (Å²) in [4.78, 5) is 38.6. The van der Waals surface area contributed by atoms with E-state index in [1.807, 2.05) is 30.3 Å². The van der Waals surface area contributed by atoms with E-state index in [4.69, 9.17) is 0 Å². The summed E-state index contributed by atoms with van der Waals surface area (Å²) in [6.45, 7) is 0. The van der Waals surface area contributed by atoms with Crippen molar-refractivity contribution in [3.8, 4) is 0 Å². The third kappa shape index (κ3) is 1.70. The van der Waals surface area contributed by atoms with Crippen LogP contribution in [0.25, 0.3) is 21.8 Å². The summed E-state index contributed by atoms with van der Waals surface area (Å²) < 4.78 is 1.76. The average Bonchev–Trinajstić information content (AvgIpc) is 2.84. The topological polar surface area (TPSA) is 84.0 Å². The highest BCUT2D eigenvalue weighted by Crippen LogP contribution is 2.32. The average molecular weight is 295 g/mol. The highest BCUT2D eigenvalue weighted by Gasteiger charge is 2.30. The van der Waals surface area contributed by atoms with E-state index in [2.05, 4.69) is 10.3 Å². The lowest BCUT2D eigenvalue weighted by molar-refractivity contribution is -0.135. The second kappa shape index (κ2) is 4.56. The van der Waals surface area contributed by atoms with Gasteiger partial charge in [-0.05, 0) is 18.6 Å². The summed E-state index contributed by atoms with van der Waals surface area (Å²) in [6.07, 6.45) is 2.27. The number of H-pyrrole nitrogens is 1. The lowest BCUT2D eigenvalue weighted by Crippen LogP contribution is -2.42. The number of piperidine rings is 1. The van der Waals surface area contributed by atoms with Crippen molar-refractivity contribution in [1.82, 2.24) is 14.9 Å². The molecule has 110 valence electrons. The highest BCUT2D eigenvalue weighted by atomic mass is 16.2. The van der Waals surface area contributed by atoms with Crippen LogP contribution in [0.5, 0.6) is 0 Å². The number of hydrogen-bond donors (Lipinski definition) is 2. The third-order valence-corrected chi connectivity index (χ3v) is 4.15. The molecule has 22 heavy (non-hydrogen) atoms. The van der Waals surface area contributed by atoms with Gasteiger partial charge in [-0.25, -0.2) is 0 Å². The Morgan fingerprint density at radius 1 is 1.05 bits per heavy atom. The molecule has 2 N–H and O–H groups in total. The number of pyridine rings is 1. The van der Waals surface area contributed by atoms with Gasteiger partial charge < -0.3 is 9.55 Å². The van der Waals surface area contributed by atoms with Gasteiger partial charge in [-0.15, -0.1) is 0 Å². The maximum absolute atomic E-state index is 12.3. The van der Waals surface area contributed by atoms with Gasteiger partial charge in [0, 0.05) is 23.4 Å². The zero-order chi connectivity index (χ0) is 15.3. The number of amides is 2. The SMILES string of the molecule is O=C1CCC(n2c3ccccc3c3cc[nH]c(=O)c32)C(=O)N1. The van der Waals surface area contributed by atoms with Crippen LogP contribution in [0.4, 0.5) is 0 Å². The largest absolute Gasteiger partial charge is 0.327 e. The van der Waals surface area contributed by atoms with E-state index in [0.29, 0.717) is 11.9 Å². The third-order valence-electron chi connectivity index (χ3n) is 4.15. The molecule has 0 saturated carbocycles. The van der Waals surface area contributed by atoms with Crippen molar-refractivity contribution in [2.45, 2.75) is 18.9 Å². The second-order valence-electron chi connectivity index (χ2n) is 5.42. The first-order chi connectivity index (χ1) is 10.7. The summed E-state index contributed by atoms with van der Waals surface area (Å²) in [5, 5.41) is 4.09. The molecule has 1 aromatic carbocycles. The monoisotopic (exact) mass is 295 g/mol. The Bertz CT molecular complexity index is 983. The number of nitrogens with zero attached hydrogens (tertiary/aromatic N) is 1. The van der Waals surface area contributed by atoms with Gasteiger partial charge in [0.1, 0.15) is 11.6 Å². The number of imide groups is 1. The first kappa shape index (κ1) is 12.8. The molecule has 6 nitrogen and oxygen atoms in total. The Morgan fingerprint density at radius 2 is 1.86 bits per heavy atom. The van der Waals surface area contributed by atoms with Gasteiger partial charge in [-0.1, -0.05) is 18.2 Å². The quantitative estimate of drug-likeness (QED) is 0.667. The van der Waals surface area contributed by atoms with Gasteiger partial charge in [-0.2, -0.15) is 0 Å². The Morgan fingerprint density at radius 3 is 2.68 bits per heavy atom. The fourth-order valence-corrected chi connectivity index (χ4v) is 3.21. The minimum Gasteiger partial charge on any atom is -0.327 e. The van der Waals surface area contributed by atoms with Gasteiger partial charge >= 0.3 is 0 Å². The molecule has 1 saturated heterocycles. The first-order valence-corrected chi connectivity index (χ1v) is 7.11. The number of fused-ring (bicyclic) bond motifs is 3. The maximum atomic E-state index is 12.3. The molecule has 0 spiro atoms. The summed E-state index contributed by atoms with van der Waals surface area (Å²) in [5.41, 5.74) is 1.06. The van der Waals surface area contributed by atoms with Crippen LogP contribution in [0.3, 0.4) is 0 Å². The van der Waals surface area contributed by atoms with Crippen molar-refractivity contribution in [3.63, 3.8) is 0 Å². The Hall–Kier alpha value is -2.89. The number of para-hydroxylation sites is 1. The molecule has 2 aromatic heterocycles. The summed E-state index contributed by atoms with van der Waals surface area (Å²) in [7, 11) is 0. The Balaban J connectivity index is 2.09. The molecule has 0 radical (unpaired) electrons. The Kier molecular flexibility index (Phi) is 2.66. The van der Waals surface area contributed by atoms with E-state index in [-0.39, 0.29) is 23.8 Å². The van der Waals surface area contributed by atoms with Crippen molar-refractivity contribution in [3.05, 3.63) is 46.9 Å². The van der Waals surface area contributed by atoms with Gasteiger partial charge in [-0.3, -0.25) is 19.7 Å². The van der Waals surface area contributed by atoms with Crippen LogP contribution < -0.4 is 10.9 Å². The van der Waals surface area contributed by atoms with Crippen LogP contribution in [0, 0.1) is 0 Å². The molecule has 1 fully saturated rings. The first-order valence-electron chi connectivity index (χ1n) is 7.11. The fraction of sp³-hybridized carbons (Fsp3) is 0.188. The normalized spacial score (nSPS) is 18.8. The summed E-state index contributed by atoms with van der Waals surface area (Å²) in [5.74, 6) is -0.627. The van der Waals surface area contributed by atoms with E-state index in [0.717, 1.165) is 16.3 Å². The molecule has 2 amide bonds. The molecular formula is C16H13N3O3. The number of aromatic amines is 1. The number of carbonyl (C=O) groups excluding carboxylic acids is 2. The van der Waals surface area contributed by atoms with Crippen molar-refractivity contribution in [2.24, 2.45) is 0 Å². The number of rotatable bonds is 1. The molecule has 6 heteroatoms. The van der Waals surface area contributed by atoms with Crippen molar-refractivity contribution < 1.29 is 9.59 Å². The van der Waals surface area contributed by atoms with Gasteiger partial charge in [0.2, 0.25) is 11.8 Å².